The molecule has 1 saturated heterocycles. The van der Waals surface area contributed by atoms with Crippen molar-refractivity contribution in [1.29, 1.82) is 0 Å². The highest BCUT2D eigenvalue weighted by Gasteiger charge is 2.55. The van der Waals surface area contributed by atoms with Gasteiger partial charge in [-0.2, -0.15) is 18.6 Å². The van der Waals surface area contributed by atoms with Gasteiger partial charge in [0.15, 0.2) is 17.4 Å². The zero-order valence-corrected chi connectivity index (χ0v) is 21.5. The number of hydrogen-bond acceptors (Lipinski definition) is 14. The monoisotopic (exact) mass is 590 g/mol. The molecule has 1 aliphatic rings. The smallest absolute Gasteiger partial charge is 0.476 e. The summed E-state index contributed by atoms with van der Waals surface area (Å²) in [6, 6.07) is 0. The van der Waals surface area contributed by atoms with E-state index in [2.05, 4.69) is 38.1 Å². The number of aliphatic hydroxyl groups excluding tert-OH is 1. The maximum Gasteiger partial charge on any atom is 0.490 e. The molecule has 0 radical (unpaired) electrons. The van der Waals surface area contributed by atoms with Gasteiger partial charge in [-0.1, -0.05) is 5.11 Å². The summed E-state index contributed by atoms with van der Waals surface area (Å²) in [5.74, 6) is -0.164. The Hall–Kier alpha value is -2.21. The molecule has 0 bridgehead atoms. The van der Waals surface area contributed by atoms with Crippen molar-refractivity contribution in [2.75, 3.05) is 18.9 Å². The standard InChI is InChI=1S/C13H21N8O13P3/c1-3-30-10-7-9(17-12(14)18-10)21(5-16-7)11-13(2,19-20-15)8(22)6(32-11)4-31-36(26,27)34-37(28,29)33-35(23,24)25/h5-6,8,11,22H,3-4H2,1-2H3,(H,26,27)(H,28,29)(H2,14,17,18)(H2,23,24,25)/t6-,8-,11-,13-/m1/s1. The number of phosphoric acid groups is 3. The molecule has 0 spiro atoms. The molecule has 0 aromatic carbocycles. The molecule has 37 heavy (non-hydrogen) atoms. The summed E-state index contributed by atoms with van der Waals surface area (Å²) >= 11 is 0. The highest BCUT2D eigenvalue weighted by molar-refractivity contribution is 7.66. The van der Waals surface area contributed by atoms with E-state index >= 15 is 0 Å². The molecular weight excluding hydrogens is 569 g/mol. The fraction of sp³-hybridized carbons (Fsp3) is 0.615. The molecule has 0 aliphatic carbocycles. The van der Waals surface area contributed by atoms with E-state index < -0.39 is 54.0 Å². The summed E-state index contributed by atoms with van der Waals surface area (Å²) in [6.07, 6.45) is -3.41. The number of rotatable bonds is 11. The number of nitrogen functional groups attached to an aromatic ring is 1. The first kappa shape index (κ1) is 29.3. The number of nitrogens with two attached hydrogens (primary N) is 1. The van der Waals surface area contributed by atoms with Crippen LogP contribution in [0.2, 0.25) is 0 Å². The van der Waals surface area contributed by atoms with Gasteiger partial charge in [-0.05, 0) is 19.4 Å². The Morgan fingerprint density at radius 1 is 1.24 bits per heavy atom. The van der Waals surface area contributed by atoms with Crippen molar-refractivity contribution in [2.24, 2.45) is 5.11 Å². The molecule has 3 rings (SSSR count). The van der Waals surface area contributed by atoms with Crippen LogP contribution in [0.1, 0.15) is 20.1 Å². The van der Waals surface area contributed by atoms with Gasteiger partial charge in [0.05, 0.1) is 25.6 Å². The average molecular weight is 590 g/mol. The lowest BCUT2D eigenvalue weighted by molar-refractivity contribution is -0.0446. The van der Waals surface area contributed by atoms with Crippen molar-refractivity contribution in [2.45, 2.75) is 37.8 Å². The zero-order chi connectivity index (χ0) is 27.8. The van der Waals surface area contributed by atoms with Crippen LogP contribution in [-0.2, 0) is 31.6 Å². The molecule has 1 aliphatic heterocycles. The minimum absolute atomic E-state index is 0.0389. The predicted octanol–water partition coefficient (Wildman–Crippen LogP) is 0.478. The normalized spacial score (nSPS) is 27.4. The number of aromatic nitrogens is 4. The Morgan fingerprint density at radius 3 is 2.51 bits per heavy atom. The molecule has 7 N–H and O–H groups in total. The second-order valence-corrected chi connectivity index (χ2v) is 11.8. The summed E-state index contributed by atoms with van der Waals surface area (Å²) in [7, 11) is -16.9. The van der Waals surface area contributed by atoms with Crippen LogP contribution < -0.4 is 10.5 Å². The quantitative estimate of drug-likeness (QED) is 0.0896. The van der Waals surface area contributed by atoms with Crippen LogP contribution in [0, 0.1) is 0 Å². The molecular formula is C13H21N8O13P3. The Balaban J connectivity index is 1.89. The lowest BCUT2D eigenvalue weighted by Gasteiger charge is -2.28. The van der Waals surface area contributed by atoms with Crippen LogP contribution in [0.25, 0.3) is 21.6 Å². The van der Waals surface area contributed by atoms with Crippen molar-refractivity contribution in [3.8, 4) is 5.88 Å². The van der Waals surface area contributed by atoms with Gasteiger partial charge < -0.3 is 39.9 Å². The van der Waals surface area contributed by atoms with E-state index in [4.69, 9.17) is 30.5 Å². The summed E-state index contributed by atoms with van der Waals surface area (Å²) in [5.41, 5.74) is 13.2. The van der Waals surface area contributed by atoms with Crippen LogP contribution in [0.15, 0.2) is 11.4 Å². The molecule has 1 fully saturated rings. The minimum atomic E-state index is -5.76. The highest BCUT2D eigenvalue weighted by atomic mass is 31.3. The maximum atomic E-state index is 12.1. The number of phosphoric ester groups is 1. The first-order valence-corrected chi connectivity index (χ1v) is 14.3. The van der Waals surface area contributed by atoms with E-state index in [0.29, 0.717) is 0 Å². The van der Waals surface area contributed by atoms with Crippen molar-refractivity contribution < 1.29 is 61.0 Å². The van der Waals surface area contributed by atoms with Gasteiger partial charge in [-0.25, -0.2) is 18.7 Å². The van der Waals surface area contributed by atoms with Crippen molar-refractivity contribution in [1.82, 2.24) is 19.5 Å². The van der Waals surface area contributed by atoms with Gasteiger partial charge in [-0.15, -0.1) is 0 Å². The van der Waals surface area contributed by atoms with E-state index in [1.165, 1.54) is 17.8 Å². The molecule has 3 heterocycles. The van der Waals surface area contributed by atoms with Gasteiger partial charge in [0.25, 0.3) is 0 Å². The molecule has 2 unspecified atom stereocenters. The van der Waals surface area contributed by atoms with Gasteiger partial charge >= 0.3 is 23.5 Å². The number of fused-ring (bicyclic) bond motifs is 1. The molecule has 24 heteroatoms. The predicted molar refractivity (Wildman–Crippen MR) is 118 cm³/mol. The van der Waals surface area contributed by atoms with E-state index in [9.17, 15) is 28.6 Å². The lowest BCUT2D eigenvalue weighted by atomic mass is 9.93. The summed E-state index contributed by atoms with van der Waals surface area (Å²) < 4.78 is 58.4. The van der Waals surface area contributed by atoms with Crippen molar-refractivity contribution in [3.63, 3.8) is 0 Å². The summed E-state index contributed by atoms with van der Waals surface area (Å²) in [5, 5.41) is 14.4. The topological polar surface area (TPSA) is 317 Å². The highest BCUT2D eigenvalue weighted by Crippen LogP contribution is 2.66. The third kappa shape index (κ3) is 6.63. The summed E-state index contributed by atoms with van der Waals surface area (Å²) in [6.45, 7) is 2.19. The molecule has 0 amide bonds. The third-order valence-electron chi connectivity index (χ3n) is 4.77. The molecule has 2 aromatic heterocycles. The largest absolute Gasteiger partial charge is 0.490 e. The molecule has 21 nitrogen and oxygen atoms in total. The van der Waals surface area contributed by atoms with Crippen molar-refractivity contribution in [3.05, 3.63) is 16.8 Å². The van der Waals surface area contributed by atoms with E-state index in [0.717, 1.165) is 0 Å². The van der Waals surface area contributed by atoms with Crippen molar-refractivity contribution >= 4 is 40.6 Å². The van der Waals surface area contributed by atoms with Crippen LogP contribution in [0.3, 0.4) is 0 Å². The molecule has 2 aromatic rings. The van der Waals surface area contributed by atoms with Gasteiger partial charge in [-0.3, -0.25) is 9.09 Å². The van der Waals surface area contributed by atoms with Gasteiger partial charge in [0.2, 0.25) is 11.8 Å². The molecule has 206 valence electrons. The zero-order valence-electron chi connectivity index (χ0n) is 18.8. The fourth-order valence-electron chi connectivity index (χ4n) is 3.37. The number of hydrogen-bond donors (Lipinski definition) is 6. The Labute approximate surface area is 206 Å². The second kappa shape index (κ2) is 10.5. The van der Waals surface area contributed by atoms with Crippen LogP contribution in [0.5, 0.6) is 5.88 Å². The first-order chi connectivity index (χ1) is 17.0. The molecule has 6 atom stereocenters. The SMILES string of the molecule is CCOc1nc(N)nc2c1ncn2[C@@H]1O[C@H](COP(=O)(O)OP(=O)(O)OP(=O)(O)O)[C@@H](O)[C@@]1(C)N=[N+]=[N-]. The number of azide groups is 1. The Bertz CT molecular complexity index is 1360. The van der Waals surface area contributed by atoms with Crippen LogP contribution in [-0.4, -0.2) is 75.2 Å². The fourth-order valence-corrected chi connectivity index (χ4v) is 6.40. The number of imidazole rings is 1. The van der Waals surface area contributed by atoms with E-state index in [-0.39, 0.29) is 29.6 Å². The third-order valence-corrected chi connectivity index (χ3v) is 8.58. The molecule has 0 saturated carbocycles. The lowest BCUT2D eigenvalue weighted by Crippen LogP contribution is -2.42. The van der Waals surface area contributed by atoms with Gasteiger partial charge in [0.1, 0.15) is 11.6 Å². The Kier molecular flexibility index (Phi) is 8.34. The van der Waals surface area contributed by atoms with Crippen LogP contribution in [0.4, 0.5) is 5.95 Å². The number of anilines is 1. The van der Waals surface area contributed by atoms with E-state index in [1.807, 2.05) is 0 Å². The number of nitrogens with zero attached hydrogens (tertiary/aromatic N) is 7. The first-order valence-electron chi connectivity index (χ1n) is 9.83. The van der Waals surface area contributed by atoms with Gasteiger partial charge in [0, 0.05) is 4.91 Å². The van der Waals surface area contributed by atoms with E-state index in [1.54, 1.807) is 6.92 Å². The number of aliphatic hydroxyl groups is 1. The number of ether oxygens (including phenoxy) is 2. The Morgan fingerprint density at radius 2 is 1.92 bits per heavy atom. The second-order valence-electron chi connectivity index (χ2n) is 7.42. The average Bonchev–Trinajstić information content (AvgIpc) is 3.24. The van der Waals surface area contributed by atoms with Crippen LogP contribution >= 0.6 is 23.5 Å². The minimum Gasteiger partial charge on any atom is -0.476 e. The maximum absolute atomic E-state index is 12.1. The summed E-state index contributed by atoms with van der Waals surface area (Å²) in [4.78, 5) is 51.0.